The van der Waals surface area contributed by atoms with Crippen molar-refractivity contribution in [3.63, 3.8) is 0 Å². The van der Waals surface area contributed by atoms with E-state index in [0.29, 0.717) is 19.3 Å². The molecule has 3 N–H and O–H groups in total. The van der Waals surface area contributed by atoms with Gasteiger partial charge in [-0.2, -0.15) is 0 Å². The number of aliphatic hydroxyl groups is 2. The number of carboxylic acid groups (broad SMARTS) is 1. The number of carbonyl (C=O) groups excluding carboxylic acids is 3. The van der Waals surface area contributed by atoms with Gasteiger partial charge in [0, 0.05) is 19.3 Å². The predicted molar refractivity (Wildman–Crippen MR) is 257 cm³/mol. The lowest BCUT2D eigenvalue weighted by atomic mass is 9.98. The normalized spacial score (nSPS) is 19.3. The molecule has 1 heterocycles. The summed E-state index contributed by atoms with van der Waals surface area (Å²) in [6, 6.07) is 0. The number of carbonyl (C=O) groups is 4. The number of carboxylic acids is 1. The van der Waals surface area contributed by atoms with Gasteiger partial charge in [0.2, 0.25) is 0 Å². The highest BCUT2D eigenvalue weighted by Gasteiger charge is 2.50. The van der Waals surface area contributed by atoms with Crippen molar-refractivity contribution in [2.75, 3.05) is 13.2 Å². The highest BCUT2D eigenvalue weighted by atomic mass is 16.7. The minimum Gasteiger partial charge on any atom is -0.479 e. The van der Waals surface area contributed by atoms with Crippen molar-refractivity contribution in [1.82, 2.24) is 0 Å². The summed E-state index contributed by atoms with van der Waals surface area (Å²) in [5, 5.41) is 31.2. The highest BCUT2D eigenvalue weighted by molar-refractivity contribution is 5.74. The molecule has 1 saturated heterocycles. The number of rotatable bonds is 43. The zero-order chi connectivity index (χ0) is 47.6. The Balaban J connectivity index is 2.72. The summed E-state index contributed by atoms with van der Waals surface area (Å²) in [5.41, 5.74) is 0. The first-order valence-corrected chi connectivity index (χ1v) is 26.0. The fourth-order valence-corrected chi connectivity index (χ4v) is 7.61. The molecule has 0 aromatic heterocycles. The van der Waals surface area contributed by atoms with Gasteiger partial charge in [0.25, 0.3) is 0 Å². The van der Waals surface area contributed by atoms with E-state index in [2.05, 4.69) is 57.2 Å². The molecule has 12 nitrogen and oxygen atoms in total. The fourth-order valence-electron chi connectivity index (χ4n) is 7.61. The Morgan fingerprint density at radius 2 is 0.938 bits per heavy atom. The molecule has 1 rings (SSSR count). The largest absolute Gasteiger partial charge is 0.479 e. The average Bonchev–Trinajstić information content (AvgIpc) is 3.29. The standard InChI is InChI=1S/C53H92O12/c1-4-7-10-13-16-19-21-22-23-24-26-28-30-33-36-39-45(54)61-42-44(63-46(55)40-37-34-31-27-18-15-12-9-6-3)43-62-53-51(49(58)48(57)50(65-53)52(59)60)64-47(56)41-38-35-32-29-25-20-17-14-11-8-5-2/h14,16-17,19,22-23,44,48-51,53,57-58H,4-13,15,18,20-21,24-43H2,1-3H3,(H,59,60)/b17-14-,19-16-,23-22-. The van der Waals surface area contributed by atoms with Crippen molar-refractivity contribution in [2.45, 2.75) is 263 Å². The third-order valence-corrected chi connectivity index (χ3v) is 11.7. The second kappa shape index (κ2) is 42.3. The highest BCUT2D eigenvalue weighted by Crippen LogP contribution is 2.26. The van der Waals surface area contributed by atoms with Crippen molar-refractivity contribution in [3.8, 4) is 0 Å². The topological polar surface area (TPSA) is 175 Å². The molecule has 12 heteroatoms. The van der Waals surface area contributed by atoms with Gasteiger partial charge in [0.05, 0.1) is 6.61 Å². The quantitative estimate of drug-likeness (QED) is 0.0229. The van der Waals surface area contributed by atoms with Gasteiger partial charge >= 0.3 is 23.9 Å². The molecule has 0 saturated carbocycles. The summed E-state index contributed by atoms with van der Waals surface area (Å²) in [4.78, 5) is 50.7. The van der Waals surface area contributed by atoms with E-state index >= 15 is 0 Å². The van der Waals surface area contributed by atoms with Gasteiger partial charge < -0.3 is 39.0 Å². The molecule has 0 aliphatic carbocycles. The van der Waals surface area contributed by atoms with Crippen LogP contribution in [0.5, 0.6) is 0 Å². The number of hydrogen-bond donors (Lipinski definition) is 3. The first-order chi connectivity index (χ1) is 31.6. The van der Waals surface area contributed by atoms with Gasteiger partial charge in [-0.15, -0.1) is 0 Å². The molecule has 6 atom stereocenters. The SMILES string of the molecule is CCCC/C=C\CCCCCCCC(=O)OC1C(OCC(COC(=O)CCCCCCC/C=C\C/C=C\CCCCC)OC(=O)CCCCCCCCCCC)OC(C(=O)O)C(O)C1O. The number of esters is 3. The lowest BCUT2D eigenvalue weighted by Gasteiger charge is -2.40. The molecule has 0 amide bonds. The van der Waals surface area contributed by atoms with E-state index in [1.807, 2.05) is 0 Å². The Morgan fingerprint density at radius 1 is 0.508 bits per heavy atom. The predicted octanol–water partition coefficient (Wildman–Crippen LogP) is 12.1. The Labute approximate surface area is 393 Å². The third-order valence-electron chi connectivity index (χ3n) is 11.7. The molecule has 6 unspecified atom stereocenters. The maximum atomic E-state index is 13.0. The molecule has 0 aromatic carbocycles. The average molecular weight is 921 g/mol. The van der Waals surface area contributed by atoms with E-state index in [9.17, 15) is 34.5 Å². The molecule has 0 spiro atoms. The van der Waals surface area contributed by atoms with Crippen LogP contribution in [0, 0.1) is 0 Å². The molecular formula is C53H92O12. The van der Waals surface area contributed by atoms with Crippen LogP contribution < -0.4 is 0 Å². The van der Waals surface area contributed by atoms with Gasteiger partial charge in [0.1, 0.15) is 18.8 Å². The van der Waals surface area contributed by atoms with Crippen molar-refractivity contribution in [2.24, 2.45) is 0 Å². The van der Waals surface area contributed by atoms with E-state index in [4.69, 9.17) is 23.7 Å². The van der Waals surface area contributed by atoms with Crippen LogP contribution in [0.1, 0.15) is 226 Å². The summed E-state index contributed by atoms with van der Waals surface area (Å²) >= 11 is 0. The number of ether oxygens (including phenoxy) is 5. The molecule has 1 aliphatic rings. The van der Waals surface area contributed by atoms with E-state index in [0.717, 1.165) is 103 Å². The molecule has 0 aromatic rings. The fraction of sp³-hybridized carbons (Fsp3) is 0.811. The first kappa shape index (κ1) is 60.0. The van der Waals surface area contributed by atoms with Crippen molar-refractivity contribution in [3.05, 3.63) is 36.5 Å². The monoisotopic (exact) mass is 921 g/mol. The summed E-state index contributed by atoms with van der Waals surface area (Å²) < 4.78 is 28.2. The number of allylic oxidation sites excluding steroid dienone is 6. The van der Waals surface area contributed by atoms with E-state index in [1.54, 1.807) is 0 Å². The van der Waals surface area contributed by atoms with Gasteiger partial charge in [-0.05, 0) is 70.6 Å². The molecule has 1 fully saturated rings. The molecule has 1 aliphatic heterocycles. The van der Waals surface area contributed by atoms with Gasteiger partial charge in [-0.3, -0.25) is 14.4 Å². The van der Waals surface area contributed by atoms with Crippen molar-refractivity contribution < 1.29 is 58.2 Å². The van der Waals surface area contributed by atoms with Crippen LogP contribution in [0.3, 0.4) is 0 Å². The number of unbranched alkanes of at least 4 members (excludes halogenated alkanes) is 23. The molecular weight excluding hydrogens is 829 g/mol. The summed E-state index contributed by atoms with van der Waals surface area (Å²) in [6.45, 7) is 5.86. The van der Waals surface area contributed by atoms with E-state index < -0.39 is 67.3 Å². The minimum atomic E-state index is -1.90. The van der Waals surface area contributed by atoms with Crippen LogP contribution >= 0.6 is 0 Å². The maximum Gasteiger partial charge on any atom is 0.335 e. The van der Waals surface area contributed by atoms with E-state index in [-0.39, 0.29) is 25.9 Å². The zero-order valence-corrected chi connectivity index (χ0v) is 41.0. The first-order valence-electron chi connectivity index (χ1n) is 26.0. The second-order valence-electron chi connectivity index (χ2n) is 17.8. The molecule has 0 radical (unpaired) electrons. The van der Waals surface area contributed by atoms with Crippen LogP contribution in [-0.4, -0.2) is 89.2 Å². The van der Waals surface area contributed by atoms with Crippen LogP contribution in [0.25, 0.3) is 0 Å². The van der Waals surface area contributed by atoms with Crippen LogP contribution in [-0.2, 0) is 42.9 Å². The zero-order valence-electron chi connectivity index (χ0n) is 41.0. The maximum absolute atomic E-state index is 13.0. The Hall–Kier alpha value is -3.06. The number of aliphatic hydroxyl groups excluding tert-OH is 2. The van der Waals surface area contributed by atoms with Crippen LogP contribution in [0.4, 0.5) is 0 Å². The summed E-state index contributed by atoms with van der Waals surface area (Å²) in [6.07, 6.45) is 34.3. The summed E-state index contributed by atoms with van der Waals surface area (Å²) in [7, 11) is 0. The van der Waals surface area contributed by atoms with Gasteiger partial charge in [0.15, 0.2) is 24.6 Å². The lowest BCUT2D eigenvalue weighted by Crippen LogP contribution is -2.61. The Kier molecular flexibility index (Phi) is 39.0. The van der Waals surface area contributed by atoms with Crippen LogP contribution in [0.15, 0.2) is 36.5 Å². The smallest absolute Gasteiger partial charge is 0.335 e. The Bertz CT molecular complexity index is 1280. The minimum absolute atomic E-state index is 0.0507. The second-order valence-corrected chi connectivity index (χ2v) is 17.8. The summed E-state index contributed by atoms with van der Waals surface area (Å²) in [5.74, 6) is -3.14. The molecule has 376 valence electrons. The van der Waals surface area contributed by atoms with E-state index in [1.165, 1.54) is 64.2 Å². The van der Waals surface area contributed by atoms with Crippen LogP contribution in [0.2, 0.25) is 0 Å². The van der Waals surface area contributed by atoms with Gasteiger partial charge in [-0.25, -0.2) is 4.79 Å². The number of aliphatic carboxylic acids is 1. The van der Waals surface area contributed by atoms with Gasteiger partial charge in [-0.1, -0.05) is 173 Å². The third kappa shape index (κ3) is 33.1. The molecule has 65 heavy (non-hydrogen) atoms. The Morgan fingerprint density at radius 3 is 1.48 bits per heavy atom. The van der Waals surface area contributed by atoms with Crippen molar-refractivity contribution >= 4 is 23.9 Å². The lowest BCUT2D eigenvalue weighted by molar-refractivity contribution is -0.301. The van der Waals surface area contributed by atoms with Crippen molar-refractivity contribution in [1.29, 1.82) is 0 Å². The molecule has 0 bridgehead atoms. The number of hydrogen-bond acceptors (Lipinski definition) is 11.